The molecule has 4 aromatic carbocycles. The summed E-state index contributed by atoms with van der Waals surface area (Å²) in [6.07, 6.45) is 2.43. The first-order valence-electron chi connectivity index (χ1n) is 12.4. The van der Waals surface area contributed by atoms with Gasteiger partial charge < -0.3 is 9.47 Å². The minimum absolute atomic E-state index is 0.0227. The van der Waals surface area contributed by atoms with Crippen LogP contribution in [0.25, 0.3) is 16.8 Å². The minimum atomic E-state index is -0.545. The number of carbonyl (C=O) groups excluding carboxylic acids is 2. The minimum Gasteiger partial charge on any atom is -0.493 e. The van der Waals surface area contributed by atoms with Crippen LogP contribution < -0.4 is 19.7 Å². The molecule has 0 aliphatic carbocycles. The van der Waals surface area contributed by atoms with E-state index >= 15 is 0 Å². The summed E-state index contributed by atoms with van der Waals surface area (Å²) < 4.78 is 12.6. The molecule has 4 aromatic rings. The van der Waals surface area contributed by atoms with Crippen LogP contribution in [0.5, 0.6) is 11.5 Å². The second-order valence-corrected chi connectivity index (χ2v) is 10.5. The Morgan fingerprint density at radius 3 is 2.49 bits per heavy atom. The Morgan fingerprint density at radius 2 is 1.74 bits per heavy atom. The number of anilines is 1. The van der Waals surface area contributed by atoms with E-state index in [1.165, 1.54) is 4.90 Å². The number of nitrogens with zero attached hydrogens (tertiary/aromatic N) is 1. The summed E-state index contributed by atoms with van der Waals surface area (Å²) >= 11 is 7.50. The zero-order valence-corrected chi connectivity index (χ0v) is 24.3. The molecule has 1 aliphatic heterocycles. The molecule has 8 heteroatoms. The highest BCUT2D eigenvalue weighted by Crippen LogP contribution is 2.36. The van der Waals surface area contributed by atoms with Crippen LogP contribution in [0.1, 0.15) is 23.6 Å². The van der Waals surface area contributed by atoms with E-state index in [9.17, 15) is 9.59 Å². The molecule has 6 nitrogen and oxygen atoms in total. The van der Waals surface area contributed by atoms with Crippen LogP contribution in [-0.4, -0.2) is 24.0 Å². The molecule has 1 aliphatic rings. The van der Waals surface area contributed by atoms with Gasteiger partial charge in [-0.3, -0.25) is 19.8 Å². The molecule has 0 aromatic heterocycles. The maximum absolute atomic E-state index is 13.4. The molecule has 39 heavy (non-hydrogen) atoms. The van der Waals surface area contributed by atoms with E-state index < -0.39 is 11.8 Å². The van der Waals surface area contributed by atoms with E-state index in [0.29, 0.717) is 29.4 Å². The van der Waals surface area contributed by atoms with Crippen LogP contribution in [0.15, 0.2) is 84.4 Å². The predicted molar refractivity (Wildman–Crippen MR) is 166 cm³/mol. The van der Waals surface area contributed by atoms with Gasteiger partial charge in [0.25, 0.3) is 11.8 Å². The van der Waals surface area contributed by atoms with Crippen molar-refractivity contribution in [3.05, 3.63) is 105 Å². The van der Waals surface area contributed by atoms with Crippen molar-refractivity contribution in [3.8, 4) is 11.5 Å². The van der Waals surface area contributed by atoms with Crippen molar-refractivity contribution < 1.29 is 19.1 Å². The molecule has 1 heterocycles. The predicted octanol–water partition coefficient (Wildman–Crippen LogP) is 6.43. The molecular weight excluding hydrogens is 623 g/mol. The van der Waals surface area contributed by atoms with Crippen LogP contribution in [-0.2, 0) is 22.6 Å². The first-order chi connectivity index (χ1) is 18.9. The lowest BCUT2D eigenvalue weighted by Crippen LogP contribution is -2.54. The zero-order chi connectivity index (χ0) is 27.5. The van der Waals surface area contributed by atoms with E-state index in [2.05, 4.69) is 53.0 Å². The van der Waals surface area contributed by atoms with Gasteiger partial charge in [0.05, 0.1) is 16.4 Å². The molecule has 1 saturated heterocycles. The summed E-state index contributed by atoms with van der Waals surface area (Å²) in [6.45, 7) is 2.42. The Balaban J connectivity index is 1.43. The highest BCUT2D eigenvalue weighted by molar-refractivity contribution is 14.1. The summed E-state index contributed by atoms with van der Waals surface area (Å²) in [4.78, 5) is 27.6. The molecule has 5 rings (SSSR count). The van der Waals surface area contributed by atoms with Gasteiger partial charge in [-0.05, 0) is 99.0 Å². The average Bonchev–Trinajstić information content (AvgIpc) is 2.94. The SMILES string of the molecule is CCc1ccc(N2C(=O)/C(=C/c3cc(I)c(OCc4cccc5ccccc45)c(OC)c3)C(=O)NC2=S)cc1. The third kappa shape index (κ3) is 5.53. The first-order valence-corrected chi connectivity index (χ1v) is 13.9. The number of fused-ring (bicyclic) bond motifs is 1. The van der Waals surface area contributed by atoms with Crippen LogP contribution in [0.2, 0.25) is 0 Å². The largest absolute Gasteiger partial charge is 0.493 e. The highest BCUT2D eigenvalue weighted by atomic mass is 127. The summed E-state index contributed by atoms with van der Waals surface area (Å²) in [7, 11) is 1.56. The Kier molecular flexibility index (Phi) is 7.94. The first kappa shape index (κ1) is 26.8. The lowest BCUT2D eigenvalue weighted by Gasteiger charge is -2.29. The molecule has 196 valence electrons. The summed E-state index contributed by atoms with van der Waals surface area (Å²) in [6, 6.07) is 25.4. The Labute approximate surface area is 245 Å². The van der Waals surface area contributed by atoms with Gasteiger partial charge in [-0.15, -0.1) is 0 Å². The maximum Gasteiger partial charge on any atom is 0.270 e. The van der Waals surface area contributed by atoms with Crippen molar-refractivity contribution in [2.45, 2.75) is 20.0 Å². The van der Waals surface area contributed by atoms with Gasteiger partial charge in [-0.25, -0.2) is 0 Å². The highest BCUT2D eigenvalue weighted by Gasteiger charge is 2.34. The molecule has 1 fully saturated rings. The summed E-state index contributed by atoms with van der Waals surface area (Å²) in [5.41, 5.74) is 3.40. The fourth-order valence-electron chi connectivity index (χ4n) is 4.47. The number of rotatable bonds is 7. The standard InChI is InChI=1S/C31H25IN2O4S/c1-3-19-11-13-23(14-12-19)34-30(36)25(29(35)33-31(34)39)15-20-16-26(32)28(27(17-20)37-2)38-18-22-9-6-8-21-7-4-5-10-24(21)22/h4-17H,3,18H2,1-2H3,(H,33,35,39)/b25-15+. The number of halogens is 1. The second-order valence-electron chi connectivity index (χ2n) is 8.94. The van der Waals surface area contributed by atoms with Crippen molar-refractivity contribution in [1.82, 2.24) is 5.32 Å². The number of thiocarbonyl (C=S) groups is 1. The van der Waals surface area contributed by atoms with Gasteiger partial charge >= 0.3 is 0 Å². The van der Waals surface area contributed by atoms with Crippen LogP contribution in [0.4, 0.5) is 5.69 Å². The van der Waals surface area contributed by atoms with E-state index in [1.807, 2.05) is 54.6 Å². The van der Waals surface area contributed by atoms with Gasteiger partial charge in [0, 0.05) is 0 Å². The van der Waals surface area contributed by atoms with Gasteiger partial charge in [-0.1, -0.05) is 61.5 Å². The molecule has 1 N–H and O–H groups in total. The normalized spacial score (nSPS) is 14.6. The van der Waals surface area contributed by atoms with Gasteiger partial charge in [-0.2, -0.15) is 0 Å². The maximum atomic E-state index is 13.4. The Hall–Kier alpha value is -3.76. The number of methoxy groups -OCH3 is 1. The molecule has 0 atom stereocenters. The molecule has 0 radical (unpaired) electrons. The number of nitrogens with one attached hydrogen (secondary N) is 1. The van der Waals surface area contributed by atoms with Crippen LogP contribution in [0, 0.1) is 3.57 Å². The molecule has 0 spiro atoms. The second kappa shape index (κ2) is 11.5. The van der Waals surface area contributed by atoms with Crippen molar-refractivity contribution in [3.63, 3.8) is 0 Å². The van der Waals surface area contributed by atoms with E-state index in [1.54, 1.807) is 19.3 Å². The van der Waals surface area contributed by atoms with Gasteiger partial charge in [0.15, 0.2) is 16.6 Å². The lowest BCUT2D eigenvalue weighted by atomic mass is 10.1. The molecule has 0 unspecified atom stereocenters. The molecule has 0 bridgehead atoms. The number of aryl methyl sites for hydroxylation is 1. The van der Waals surface area contributed by atoms with E-state index in [4.69, 9.17) is 21.7 Å². The zero-order valence-electron chi connectivity index (χ0n) is 21.4. The van der Waals surface area contributed by atoms with Gasteiger partial charge in [0.2, 0.25) is 0 Å². The third-order valence-corrected chi connectivity index (χ3v) is 7.61. The lowest BCUT2D eigenvalue weighted by molar-refractivity contribution is -0.122. The molecule has 0 saturated carbocycles. The van der Waals surface area contributed by atoms with Crippen LogP contribution in [0.3, 0.4) is 0 Å². The Bertz CT molecular complexity index is 1630. The monoisotopic (exact) mass is 648 g/mol. The van der Waals surface area contributed by atoms with E-state index in [-0.39, 0.29) is 10.7 Å². The van der Waals surface area contributed by atoms with Crippen molar-refractivity contribution in [2.24, 2.45) is 0 Å². The van der Waals surface area contributed by atoms with E-state index in [0.717, 1.165) is 31.9 Å². The molecule has 2 amide bonds. The summed E-state index contributed by atoms with van der Waals surface area (Å²) in [5, 5.41) is 4.96. The quantitative estimate of drug-likeness (QED) is 0.108. The number of benzene rings is 4. The number of amides is 2. The number of carbonyl (C=O) groups is 2. The topological polar surface area (TPSA) is 67.9 Å². The number of hydrogen-bond donors (Lipinski definition) is 1. The average molecular weight is 649 g/mol. The van der Waals surface area contributed by atoms with Crippen molar-refractivity contribution >= 4 is 74.3 Å². The fraction of sp³-hybridized carbons (Fsp3) is 0.129. The van der Waals surface area contributed by atoms with Crippen molar-refractivity contribution in [2.75, 3.05) is 12.0 Å². The number of ether oxygens (including phenoxy) is 2. The van der Waals surface area contributed by atoms with Crippen molar-refractivity contribution in [1.29, 1.82) is 0 Å². The van der Waals surface area contributed by atoms with Crippen LogP contribution >= 0.6 is 34.8 Å². The Morgan fingerprint density at radius 1 is 1.00 bits per heavy atom. The molecular formula is C31H25IN2O4S. The third-order valence-electron chi connectivity index (χ3n) is 6.52. The summed E-state index contributed by atoms with van der Waals surface area (Å²) in [5.74, 6) is 0.0570. The smallest absolute Gasteiger partial charge is 0.270 e. The fourth-order valence-corrected chi connectivity index (χ4v) is 5.53. The number of hydrogen-bond acceptors (Lipinski definition) is 5. The van der Waals surface area contributed by atoms with Gasteiger partial charge in [0.1, 0.15) is 12.2 Å².